The Hall–Kier alpha value is -1.82. The Morgan fingerprint density at radius 2 is 2.04 bits per heavy atom. The number of rotatable bonds is 3. The van der Waals surface area contributed by atoms with Gasteiger partial charge in [-0.3, -0.25) is 0 Å². The number of hydrogen-bond acceptors (Lipinski definition) is 3. The van der Waals surface area contributed by atoms with Gasteiger partial charge in [-0.1, -0.05) is 47.5 Å². The van der Waals surface area contributed by atoms with Gasteiger partial charge in [-0.2, -0.15) is 0 Å². The quantitative estimate of drug-likeness (QED) is 0.739. The summed E-state index contributed by atoms with van der Waals surface area (Å²) in [5.41, 5.74) is 1.84. The van der Waals surface area contributed by atoms with Crippen LogP contribution < -0.4 is 10.6 Å². The minimum atomic E-state index is -0.530. The first-order valence-electron chi connectivity index (χ1n) is 8.69. The number of esters is 1. The minimum absolute atomic E-state index is 0.0472. The molecule has 1 saturated carbocycles. The lowest BCUT2D eigenvalue weighted by Crippen LogP contribution is -2.45. The molecule has 0 aromatic heterocycles. The Kier molecular flexibility index (Phi) is 5.47. The van der Waals surface area contributed by atoms with Crippen molar-refractivity contribution in [3.8, 4) is 0 Å². The predicted molar refractivity (Wildman–Crippen MR) is 98.8 cm³/mol. The van der Waals surface area contributed by atoms with Crippen LogP contribution in [-0.4, -0.2) is 18.1 Å². The molecule has 1 fully saturated rings. The van der Waals surface area contributed by atoms with Gasteiger partial charge in [0.15, 0.2) is 0 Å². The lowest BCUT2D eigenvalue weighted by atomic mass is 9.88. The van der Waals surface area contributed by atoms with E-state index in [0.717, 1.165) is 29.3 Å². The highest BCUT2D eigenvalue weighted by molar-refractivity contribution is 9.10. The minimum Gasteiger partial charge on any atom is -0.459 e. The molecule has 25 heavy (non-hydrogen) atoms. The van der Waals surface area contributed by atoms with E-state index in [9.17, 15) is 9.59 Å². The summed E-state index contributed by atoms with van der Waals surface area (Å²) in [4.78, 5) is 24.8. The van der Waals surface area contributed by atoms with Gasteiger partial charge in [0.1, 0.15) is 6.10 Å². The first-order chi connectivity index (χ1) is 12.0. The summed E-state index contributed by atoms with van der Waals surface area (Å²) in [6.45, 7) is 3.93. The van der Waals surface area contributed by atoms with Crippen LogP contribution in [0.25, 0.3) is 0 Å². The highest BCUT2D eigenvalue weighted by atomic mass is 79.9. The van der Waals surface area contributed by atoms with E-state index >= 15 is 0 Å². The number of benzene rings is 1. The van der Waals surface area contributed by atoms with Gasteiger partial charge in [0.05, 0.1) is 11.6 Å². The molecule has 2 amide bonds. The van der Waals surface area contributed by atoms with Gasteiger partial charge < -0.3 is 15.4 Å². The number of urea groups is 1. The molecule has 1 aromatic carbocycles. The number of carbonyl (C=O) groups excluding carboxylic acids is 2. The van der Waals surface area contributed by atoms with Gasteiger partial charge in [0, 0.05) is 10.2 Å². The number of amides is 2. The Morgan fingerprint density at radius 3 is 2.76 bits per heavy atom. The molecule has 0 unspecified atom stereocenters. The summed E-state index contributed by atoms with van der Waals surface area (Å²) >= 11 is 3.51. The number of carbonyl (C=O) groups is 2. The number of ether oxygens (including phenoxy) is 1. The van der Waals surface area contributed by atoms with Crippen molar-refractivity contribution in [3.63, 3.8) is 0 Å². The van der Waals surface area contributed by atoms with Crippen molar-refractivity contribution in [2.45, 2.75) is 51.7 Å². The van der Waals surface area contributed by atoms with Gasteiger partial charge in [-0.05, 0) is 43.7 Å². The fraction of sp³-hybridized carbons (Fsp3) is 0.474. The zero-order valence-corrected chi connectivity index (χ0v) is 16.1. The van der Waals surface area contributed by atoms with E-state index in [1.54, 1.807) is 6.92 Å². The van der Waals surface area contributed by atoms with Crippen LogP contribution in [0.4, 0.5) is 4.79 Å². The second-order valence-corrected chi connectivity index (χ2v) is 7.75. The van der Waals surface area contributed by atoms with E-state index in [0.29, 0.717) is 17.2 Å². The smallest absolute Gasteiger partial charge is 0.338 e. The first-order valence-corrected chi connectivity index (χ1v) is 9.48. The van der Waals surface area contributed by atoms with Gasteiger partial charge in [-0.25, -0.2) is 9.59 Å². The molecule has 2 N–H and O–H groups in total. The molecule has 1 aromatic rings. The van der Waals surface area contributed by atoms with Crippen LogP contribution in [0.15, 0.2) is 40.0 Å². The molecular weight excluding hydrogens is 384 g/mol. The Morgan fingerprint density at radius 1 is 1.28 bits per heavy atom. The lowest BCUT2D eigenvalue weighted by Gasteiger charge is -2.31. The summed E-state index contributed by atoms with van der Waals surface area (Å²) in [6, 6.07) is 6.72. The van der Waals surface area contributed by atoms with Crippen LogP contribution in [0.1, 0.15) is 51.1 Å². The third-order valence-corrected chi connectivity index (χ3v) is 5.59. The molecule has 1 aliphatic carbocycles. The number of halogens is 1. The third kappa shape index (κ3) is 4.06. The lowest BCUT2D eigenvalue weighted by molar-refractivity contribution is -0.146. The van der Waals surface area contributed by atoms with Crippen LogP contribution in [-0.2, 0) is 9.53 Å². The second kappa shape index (κ2) is 7.60. The molecule has 6 heteroatoms. The predicted octanol–water partition coefficient (Wildman–Crippen LogP) is 4.20. The maximum absolute atomic E-state index is 12.9. The second-order valence-electron chi connectivity index (χ2n) is 6.89. The average Bonchev–Trinajstić information content (AvgIpc) is 2.54. The van der Waals surface area contributed by atoms with E-state index in [-0.39, 0.29) is 18.1 Å². The van der Waals surface area contributed by atoms with Crippen LogP contribution >= 0.6 is 15.9 Å². The molecular formula is C19H23BrN2O3. The summed E-state index contributed by atoms with van der Waals surface area (Å²) in [5.74, 6) is 0.217. The van der Waals surface area contributed by atoms with E-state index in [1.807, 2.05) is 24.3 Å². The van der Waals surface area contributed by atoms with Crippen molar-refractivity contribution >= 4 is 27.9 Å². The molecule has 0 saturated heterocycles. The van der Waals surface area contributed by atoms with Crippen LogP contribution in [0, 0.1) is 5.92 Å². The fourth-order valence-electron chi connectivity index (χ4n) is 3.61. The van der Waals surface area contributed by atoms with Gasteiger partial charge >= 0.3 is 12.0 Å². The zero-order chi connectivity index (χ0) is 18.0. The fourth-order valence-corrected chi connectivity index (χ4v) is 4.12. The van der Waals surface area contributed by atoms with Gasteiger partial charge in [0.2, 0.25) is 0 Å². The first kappa shape index (κ1) is 18.0. The van der Waals surface area contributed by atoms with E-state index < -0.39 is 6.04 Å². The van der Waals surface area contributed by atoms with Crippen molar-refractivity contribution in [1.82, 2.24) is 10.6 Å². The van der Waals surface area contributed by atoms with Crippen LogP contribution in [0.2, 0.25) is 0 Å². The largest absolute Gasteiger partial charge is 0.459 e. The molecule has 5 nitrogen and oxygen atoms in total. The van der Waals surface area contributed by atoms with Crippen molar-refractivity contribution in [3.05, 3.63) is 45.6 Å². The number of nitrogens with one attached hydrogen (secondary N) is 2. The maximum atomic E-state index is 12.9. The highest BCUT2D eigenvalue weighted by Gasteiger charge is 2.34. The maximum Gasteiger partial charge on any atom is 0.338 e. The molecule has 1 heterocycles. The number of allylic oxidation sites excluding steroid dienone is 1. The molecule has 2 aliphatic rings. The van der Waals surface area contributed by atoms with Gasteiger partial charge in [-0.15, -0.1) is 0 Å². The average molecular weight is 407 g/mol. The molecule has 134 valence electrons. The molecule has 3 rings (SSSR count). The molecule has 1 aliphatic heterocycles. The Labute approximate surface area is 156 Å². The van der Waals surface area contributed by atoms with E-state index in [1.165, 1.54) is 6.42 Å². The normalized spacial score (nSPS) is 26.7. The Balaban J connectivity index is 1.87. The Bertz CT molecular complexity index is 716. The third-order valence-electron chi connectivity index (χ3n) is 4.87. The van der Waals surface area contributed by atoms with Gasteiger partial charge in [0.25, 0.3) is 0 Å². The summed E-state index contributed by atoms with van der Waals surface area (Å²) in [7, 11) is 0. The summed E-state index contributed by atoms with van der Waals surface area (Å²) < 4.78 is 6.63. The molecule has 0 spiro atoms. The van der Waals surface area contributed by atoms with Crippen LogP contribution in [0.5, 0.6) is 0 Å². The van der Waals surface area contributed by atoms with E-state index in [4.69, 9.17) is 4.74 Å². The highest BCUT2D eigenvalue weighted by Crippen LogP contribution is 2.33. The van der Waals surface area contributed by atoms with Crippen molar-refractivity contribution < 1.29 is 14.3 Å². The number of hydrogen-bond donors (Lipinski definition) is 2. The summed E-state index contributed by atoms with van der Waals surface area (Å²) in [6.07, 6.45) is 4.03. The van der Waals surface area contributed by atoms with Crippen molar-refractivity contribution in [2.24, 2.45) is 5.92 Å². The zero-order valence-electron chi connectivity index (χ0n) is 14.5. The molecule has 0 bridgehead atoms. The SMILES string of the molecule is CC1=C(C(=O)O[C@H]2CCC[C@@H](C)C2)[C@H](c2ccccc2Br)NC(=O)N1. The molecule has 0 radical (unpaired) electrons. The van der Waals surface area contributed by atoms with Crippen molar-refractivity contribution in [1.29, 1.82) is 0 Å². The standard InChI is InChI=1S/C19H23BrN2O3/c1-11-6-5-7-13(10-11)25-18(23)16-12(2)21-19(24)22-17(16)14-8-3-4-9-15(14)20/h3-4,8-9,11,13,17H,5-7,10H2,1-2H3,(H2,21,22,24)/t11-,13+,17+/m1/s1. The van der Waals surface area contributed by atoms with E-state index in [2.05, 4.69) is 33.5 Å². The van der Waals surface area contributed by atoms with Crippen molar-refractivity contribution in [2.75, 3.05) is 0 Å². The topological polar surface area (TPSA) is 67.4 Å². The van der Waals surface area contributed by atoms with Crippen LogP contribution in [0.3, 0.4) is 0 Å². The molecule has 3 atom stereocenters. The summed E-state index contributed by atoms with van der Waals surface area (Å²) in [5, 5.41) is 5.53. The monoisotopic (exact) mass is 406 g/mol.